The maximum Gasteiger partial charge on any atom is 0.269 e. The van der Waals surface area contributed by atoms with Gasteiger partial charge in [-0.25, -0.2) is 0 Å². The summed E-state index contributed by atoms with van der Waals surface area (Å²) < 4.78 is 0. The molecule has 20 heavy (non-hydrogen) atoms. The van der Waals surface area contributed by atoms with Gasteiger partial charge in [-0.15, -0.1) is 0 Å². The zero-order valence-electron chi connectivity index (χ0n) is 11.6. The first-order chi connectivity index (χ1) is 9.40. The van der Waals surface area contributed by atoms with Gasteiger partial charge in [0, 0.05) is 30.8 Å². The van der Waals surface area contributed by atoms with Gasteiger partial charge < -0.3 is 11.1 Å². The third-order valence-electron chi connectivity index (χ3n) is 2.90. The van der Waals surface area contributed by atoms with Crippen molar-refractivity contribution in [2.45, 2.75) is 19.9 Å². The van der Waals surface area contributed by atoms with Gasteiger partial charge in [0.25, 0.3) is 5.69 Å². The second kappa shape index (κ2) is 7.40. The van der Waals surface area contributed by atoms with Gasteiger partial charge in [-0.2, -0.15) is 0 Å². The van der Waals surface area contributed by atoms with Crippen molar-refractivity contribution < 1.29 is 9.72 Å². The average molecular weight is 277 g/mol. The zero-order valence-corrected chi connectivity index (χ0v) is 11.6. The summed E-state index contributed by atoms with van der Waals surface area (Å²) in [6.45, 7) is 4.40. The Hall–Kier alpha value is -2.21. The van der Waals surface area contributed by atoms with E-state index in [1.807, 2.05) is 13.8 Å². The fraction of sp³-hybridized carbons (Fsp3) is 0.357. The summed E-state index contributed by atoms with van der Waals surface area (Å²) in [6.07, 6.45) is 2.98. The van der Waals surface area contributed by atoms with E-state index in [0.717, 1.165) is 5.56 Å². The van der Waals surface area contributed by atoms with E-state index in [-0.39, 0.29) is 17.6 Å². The SMILES string of the molecule is CC(C)C(N)CNC(=O)C=Cc1ccc([N+](=O)[O-])cc1. The Balaban J connectivity index is 2.51. The number of carbonyl (C=O) groups is 1. The molecule has 1 rings (SSSR count). The van der Waals surface area contributed by atoms with Gasteiger partial charge in [-0.3, -0.25) is 14.9 Å². The first-order valence-electron chi connectivity index (χ1n) is 6.36. The van der Waals surface area contributed by atoms with E-state index in [4.69, 9.17) is 5.73 Å². The van der Waals surface area contributed by atoms with Gasteiger partial charge >= 0.3 is 0 Å². The molecule has 0 radical (unpaired) electrons. The van der Waals surface area contributed by atoms with Crippen LogP contribution >= 0.6 is 0 Å². The molecule has 0 aliphatic rings. The summed E-state index contributed by atoms with van der Waals surface area (Å²) in [5.41, 5.74) is 6.56. The molecule has 0 fully saturated rings. The molecule has 0 saturated heterocycles. The van der Waals surface area contributed by atoms with Gasteiger partial charge in [0.2, 0.25) is 5.91 Å². The fourth-order valence-corrected chi connectivity index (χ4v) is 1.39. The number of nitrogens with one attached hydrogen (secondary N) is 1. The lowest BCUT2D eigenvalue weighted by Crippen LogP contribution is -2.39. The molecular weight excluding hydrogens is 258 g/mol. The van der Waals surface area contributed by atoms with Crippen LogP contribution in [0.5, 0.6) is 0 Å². The molecule has 0 spiro atoms. The number of benzene rings is 1. The van der Waals surface area contributed by atoms with E-state index in [1.165, 1.54) is 18.2 Å². The highest BCUT2D eigenvalue weighted by Crippen LogP contribution is 2.12. The van der Waals surface area contributed by atoms with Crippen LogP contribution in [0.4, 0.5) is 5.69 Å². The van der Waals surface area contributed by atoms with E-state index in [2.05, 4.69) is 5.32 Å². The molecule has 0 aliphatic heterocycles. The van der Waals surface area contributed by atoms with Crippen LogP contribution in [0, 0.1) is 16.0 Å². The normalized spacial score (nSPS) is 12.6. The van der Waals surface area contributed by atoms with Gasteiger partial charge in [0.1, 0.15) is 0 Å². The van der Waals surface area contributed by atoms with Crippen molar-refractivity contribution in [2.75, 3.05) is 6.54 Å². The Morgan fingerprint density at radius 3 is 2.50 bits per heavy atom. The number of nitrogens with two attached hydrogens (primary N) is 1. The summed E-state index contributed by atoms with van der Waals surface area (Å²) in [4.78, 5) is 21.6. The molecule has 0 heterocycles. The largest absolute Gasteiger partial charge is 0.351 e. The topological polar surface area (TPSA) is 98.3 Å². The smallest absolute Gasteiger partial charge is 0.269 e. The molecule has 0 bridgehead atoms. The van der Waals surface area contributed by atoms with Gasteiger partial charge in [-0.1, -0.05) is 13.8 Å². The number of carbonyl (C=O) groups excluding carboxylic acids is 1. The number of hydrogen-bond donors (Lipinski definition) is 2. The molecule has 0 saturated carbocycles. The molecule has 1 amide bonds. The summed E-state index contributed by atoms with van der Waals surface area (Å²) >= 11 is 0. The monoisotopic (exact) mass is 277 g/mol. The highest BCUT2D eigenvalue weighted by Gasteiger charge is 2.07. The lowest BCUT2D eigenvalue weighted by Gasteiger charge is -2.15. The quantitative estimate of drug-likeness (QED) is 0.470. The molecular formula is C14H19N3O3. The van der Waals surface area contributed by atoms with Crippen molar-refractivity contribution in [1.82, 2.24) is 5.32 Å². The van der Waals surface area contributed by atoms with Gasteiger partial charge in [-0.05, 0) is 29.7 Å². The third-order valence-corrected chi connectivity index (χ3v) is 2.90. The minimum atomic E-state index is -0.465. The van der Waals surface area contributed by atoms with Crippen LogP contribution < -0.4 is 11.1 Å². The standard InChI is InChI=1S/C14H19N3O3/c1-10(2)13(15)9-16-14(18)8-5-11-3-6-12(7-4-11)17(19)20/h3-8,10,13H,9,15H2,1-2H3,(H,16,18). The van der Waals surface area contributed by atoms with E-state index in [1.54, 1.807) is 18.2 Å². The lowest BCUT2D eigenvalue weighted by molar-refractivity contribution is -0.384. The van der Waals surface area contributed by atoms with Crippen LogP contribution in [0.3, 0.4) is 0 Å². The van der Waals surface area contributed by atoms with Crippen molar-refractivity contribution >= 4 is 17.7 Å². The predicted molar refractivity (Wildman–Crippen MR) is 78.0 cm³/mol. The number of non-ortho nitro benzene ring substituents is 1. The maximum atomic E-state index is 11.6. The third kappa shape index (κ3) is 5.19. The van der Waals surface area contributed by atoms with E-state index in [0.29, 0.717) is 12.5 Å². The van der Waals surface area contributed by atoms with E-state index >= 15 is 0 Å². The molecule has 1 aromatic carbocycles. The summed E-state index contributed by atoms with van der Waals surface area (Å²) in [6, 6.07) is 5.88. The number of hydrogen-bond acceptors (Lipinski definition) is 4. The Morgan fingerprint density at radius 1 is 1.40 bits per heavy atom. The number of nitro benzene ring substituents is 1. The Morgan fingerprint density at radius 2 is 2.00 bits per heavy atom. The van der Waals surface area contributed by atoms with Gasteiger partial charge in [0.15, 0.2) is 0 Å². The Bertz CT molecular complexity index is 495. The summed E-state index contributed by atoms with van der Waals surface area (Å²) in [5.74, 6) is 0.0633. The molecule has 3 N–H and O–H groups in total. The molecule has 1 unspecified atom stereocenters. The van der Waals surface area contributed by atoms with Crippen LogP contribution in [0.25, 0.3) is 6.08 Å². The second-order valence-electron chi connectivity index (χ2n) is 4.83. The number of rotatable bonds is 6. The molecule has 6 heteroatoms. The molecule has 1 atom stereocenters. The number of nitrogens with zero attached hydrogens (tertiary/aromatic N) is 1. The van der Waals surface area contributed by atoms with Crippen LogP contribution in [0.1, 0.15) is 19.4 Å². The zero-order chi connectivity index (χ0) is 15.1. The minimum absolute atomic E-state index is 0.0227. The summed E-state index contributed by atoms with van der Waals surface area (Å²) in [5, 5.41) is 13.2. The highest BCUT2D eigenvalue weighted by atomic mass is 16.6. The average Bonchev–Trinajstić information content (AvgIpc) is 2.42. The van der Waals surface area contributed by atoms with Crippen molar-refractivity contribution in [1.29, 1.82) is 0 Å². The molecule has 6 nitrogen and oxygen atoms in total. The lowest BCUT2D eigenvalue weighted by atomic mass is 10.1. The molecule has 0 aromatic heterocycles. The van der Waals surface area contributed by atoms with Crippen LogP contribution in [-0.2, 0) is 4.79 Å². The molecule has 0 aliphatic carbocycles. The van der Waals surface area contributed by atoms with Crippen molar-refractivity contribution in [3.63, 3.8) is 0 Å². The number of amides is 1. The first kappa shape index (κ1) is 15.8. The van der Waals surface area contributed by atoms with E-state index in [9.17, 15) is 14.9 Å². The Kier molecular flexibility index (Phi) is 5.86. The van der Waals surface area contributed by atoms with E-state index < -0.39 is 4.92 Å². The van der Waals surface area contributed by atoms with Crippen molar-refractivity contribution in [3.8, 4) is 0 Å². The minimum Gasteiger partial charge on any atom is -0.351 e. The fourth-order valence-electron chi connectivity index (χ4n) is 1.39. The molecule has 1 aromatic rings. The molecule has 108 valence electrons. The first-order valence-corrected chi connectivity index (χ1v) is 6.36. The predicted octanol–water partition coefficient (Wildman–Crippen LogP) is 1.71. The van der Waals surface area contributed by atoms with Crippen LogP contribution in [0.2, 0.25) is 0 Å². The van der Waals surface area contributed by atoms with Crippen molar-refractivity contribution in [3.05, 3.63) is 46.0 Å². The second-order valence-corrected chi connectivity index (χ2v) is 4.83. The highest BCUT2D eigenvalue weighted by molar-refractivity contribution is 5.91. The maximum absolute atomic E-state index is 11.6. The number of nitro groups is 1. The van der Waals surface area contributed by atoms with Gasteiger partial charge in [0.05, 0.1) is 4.92 Å². The Labute approximate surface area is 117 Å². The van der Waals surface area contributed by atoms with Crippen LogP contribution in [-0.4, -0.2) is 23.4 Å². The summed E-state index contributed by atoms with van der Waals surface area (Å²) in [7, 11) is 0. The van der Waals surface area contributed by atoms with Crippen molar-refractivity contribution in [2.24, 2.45) is 11.7 Å². The van der Waals surface area contributed by atoms with Crippen LogP contribution in [0.15, 0.2) is 30.3 Å².